The lowest BCUT2D eigenvalue weighted by molar-refractivity contribution is -0.885. The van der Waals surface area contributed by atoms with E-state index in [9.17, 15) is 9.59 Å². The summed E-state index contributed by atoms with van der Waals surface area (Å²) in [7, 11) is 3.33. The van der Waals surface area contributed by atoms with Crippen LogP contribution in [-0.4, -0.2) is 32.6 Å². The number of benzene rings is 2. The highest BCUT2D eigenvalue weighted by molar-refractivity contribution is 5.93. The van der Waals surface area contributed by atoms with Crippen LogP contribution in [0.3, 0.4) is 0 Å². The average molecular weight is 341 g/mol. The van der Waals surface area contributed by atoms with Gasteiger partial charge in [-0.1, -0.05) is 31.2 Å². The molecule has 0 bridgehead atoms. The van der Waals surface area contributed by atoms with Crippen molar-refractivity contribution in [3.63, 3.8) is 0 Å². The van der Waals surface area contributed by atoms with Gasteiger partial charge in [0.1, 0.15) is 6.54 Å². The molecule has 0 saturated carbocycles. The molecular weight excluding hydrogens is 316 g/mol. The molecule has 0 radical (unpaired) electrons. The van der Waals surface area contributed by atoms with Gasteiger partial charge in [-0.15, -0.1) is 0 Å². The second-order valence-corrected chi connectivity index (χ2v) is 6.10. The van der Waals surface area contributed by atoms with Gasteiger partial charge in [0.2, 0.25) is 0 Å². The third kappa shape index (κ3) is 5.72. The fourth-order valence-corrected chi connectivity index (χ4v) is 2.59. The van der Waals surface area contributed by atoms with Crippen molar-refractivity contribution in [3.05, 3.63) is 65.2 Å². The third-order valence-corrected chi connectivity index (χ3v) is 3.99. The summed E-state index contributed by atoms with van der Waals surface area (Å²) in [4.78, 5) is 24.7. The second kappa shape index (κ2) is 8.99. The van der Waals surface area contributed by atoms with Gasteiger partial charge in [-0.2, -0.15) is 0 Å². The van der Waals surface area contributed by atoms with Gasteiger partial charge in [-0.25, -0.2) is 4.79 Å². The van der Waals surface area contributed by atoms with Crippen molar-refractivity contribution in [1.29, 1.82) is 0 Å². The lowest BCUT2D eigenvalue weighted by Crippen LogP contribution is -3.08. The number of amides is 1. The highest BCUT2D eigenvalue weighted by Gasteiger charge is 2.11. The molecule has 1 unspecified atom stereocenters. The van der Waals surface area contributed by atoms with Crippen LogP contribution in [0.15, 0.2) is 48.5 Å². The number of methoxy groups -OCH3 is 1. The number of ether oxygens (including phenoxy) is 1. The number of rotatable bonds is 7. The predicted molar refractivity (Wildman–Crippen MR) is 97.7 cm³/mol. The van der Waals surface area contributed by atoms with E-state index in [4.69, 9.17) is 0 Å². The molecule has 0 aliphatic rings. The van der Waals surface area contributed by atoms with E-state index in [2.05, 4.69) is 41.2 Å². The summed E-state index contributed by atoms with van der Waals surface area (Å²) < 4.78 is 4.65. The standard InChI is InChI=1S/C20H24N2O3/c1-4-15-5-7-16(8-6-15)13-22(2)14-19(23)21-18-11-9-17(10-12-18)20(24)25-3/h5-12H,4,13-14H2,1-3H3,(H,21,23)/p+1. The Morgan fingerprint density at radius 1 is 1.00 bits per heavy atom. The Morgan fingerprint density at radius 3 is 2.16 bits per heavy atom. The zero-order valence-electron chi connectivity index (χ0n) is 15.0. The molecule has 1 amide bonds. The van der Waals surface area contributed by atoms with Crippen LogP contribution in [0.2, 0.25) is 0 Å². The van der Waals surface area contributed by atoms with Crippen molar-refractivity contribution in [3.8, 4) is 0 Å². The molecule has 132 valence electrons. The Hall–Kier alpha value is -2.66. The summed E-state index contributed by atoms with van der Waals surface area (Å²) in [5, 5.41) is 2.85. The third-order valence-electron chi connectivity index (χ3n) is 3.99. The van der Waals surface area contributed by atoms with Crippen molar-refractivity contribution in [1.82, 2.24) is 0 Å². The van der Waals surface area contributed by atoms with Crippen molar-refractivity contribution in [2.24, 2.45) is 0 Å². The van der Waals surface area contributed by atoms with Crippen molar-refractivity contribution >= 4 is 17.6 Å². The Morgan fingerprint density at radius 2 is 1.60 bits per heavy atom. The van der Waals surface area contributed by atoms with Crippen LogP contribution in [-0.2, 0) is 22.5 Å². The first-order valence-corrected chi connectivity index (χ1v) is 8.39. The summed E-state index contributed by atoms with van der Waals surface area (Å²) in [5.74, 6) is -0.454. The number of hydrogen-bond acceptors (Lipinski definition) is 3. The molecule has 0 aromatic heterocycles. The SMILES string of the molecule is CCc1ccc(C[NH+](C)CC(=O)Nc2ccc(C(=O)OC)cc2)cc1. The van der Waals surface area contributed by atoms with E-state index in [0.29, 0.717) is 17.8 Å². The molecule has 0 fully saturated rings. The summed E-state index contributed by atoms with van der Waals surface area (Å²) in [6, 6.07) is 15.2. The van der Waals surface area contributed by atoms with E-state index in [-0.39, 0.29) is 5.91 Å². The molecule has 2 rings (SSSR count). The molecule has 1 atom stereocenters. The van der Waals surface area contributed by atoms with Crippen LogP contribution < -0.4 is 10.2 Å². The first-order chi connectivity index (χ1) is 12.0. The van der Waals surface area contributed by atoms with E-state index < -0.39 is 5.97 Å². The Kier molecular flexibility index (Phi) is 6.71. The smallest absolute Gasteiger partial charge is 0.337 e. The number of hydrogen-bond donors (Lipinski definition) is 2. The highest BCUT2D eigenvalue weighted by Crippen LogP contribution is 2.10. The van der Waals surface area contributed by atoms with Crippen LogP contribution in [0.1, 0.15) is 28.4 Å². The number of esters is 1. The Labute approximate surface area is 148 Å². The molecule has 5 heteroatoms. The predicted octanol–water partition coefficient (Wildman–Crippen LogP) is 1.69. The van der Waals surface area contributed by atoms with Gasteiger partial charge >= 0.3 is 5.97 Å². The average Bonchev–Trinajstić information content (AvgIpc) is 2.62. The van der Waals surface area contributed by atoms with Gasteiger partial charge in [-0.05, 0) is 36.2 Å². The summed E-state index contributed by atoms with van der Waals surface area (Å²) in [6.07, 6.45) is 1.03. The quantitative estimate of drug-likeness (QED) is 0.754. The molecule has 25 heavy (non-hydrogen) atoms. The highest BCUT2D eigenvalue weighted by atomic mass is 16.5. The van der Waals surface area contributed by atoms with Crippen LogP contribution >= 0.6 is 0 Å². The fraction of sp³-hybridized carbons (Fsp3) is 0.300. The van der Waals surface area contributed by atoms with E-state index in [0.717, 1.165) is 17.9 Å². The Balaban J connectivity index is 1.85. The van der Waals surface area contributed by atoms with Gasteiger partial charge in [0.05, 0.1) is 19.7 Å². The maximum absolute atomic E-state index is 12.2. The lowest BCUT2D eigenvalue weighted by atomic mass is 10.1. The number of likely N-dealkylation sites (N-methyl/N-ethyl adjacent to an activating group) is 1. The number of nitrogens with one attached hydrogen (secondary N) is 2. The van der Waals surface area contributed by atoms with Crippen molar-refractivity contribution in [2.45, 2.75) is 19.9 Å². The number of anilines is 1. The van der Waals surface area contributed by atoms with Gasteiger partial charge in [-0.3, -0.25) is 4.79 Å². The molecule has 0 aliphatic carbocycles. The molecule has 0 heterocycles. The maximum Gasteiger partial charge on any atom is 0.337 e. The molecule has 2 aromatic rings. The van der Waals surface area contributed by atoms with Gasteiger partial charge in [0, 0.05) is 11.3 Å². The number of carbonyl (C=O) groups excluding carboxylic acids is 2. The number of carbonyl (C=O) groups is 2. The first kappa shape index (κ1) is 18.7. The molecule has 0 spiro atoms. The van der Waals surface area contributed by atoms with Crippen LogP contribution in [0.25, 0.3) is 0 Å². The second-order valence-electron chi connectivity index (χ2n) is 6.10. The molecular formula is C20H25N2O3+. The summed E-state index contributed by atoms with van der Waals surface area (Å²) in [6.45, 7) is 3.29. The fourth-order valence-electron chi connectivity index (χ4n) is 2.59. The molecule has 0 aliphatic heterocycles. The van der Waals surface area contributed by atoms with Crippen LogP contribution in [0, 0.1) is 0 Å². The molecule has 2 aromatic carbocycles. The van der Waals surface area contributed by atoms with Crippen molar-refractivity contribution in [2.75, 3.05) is 26.0 Å². The largest absolute Gasteiger partial charge is 0.465 e. The van der Waals surface area contributed by atoms with E-state index in [1.807, 2.05) is 7.05 Å². The van der Waals surface area contributed by atoms with Crippen molar-refractivity contribution < 1.29 is 19.2 Å². The summed E-state index contributed by atoms with van der Waals surface area (Å²) in [5.41, 5.74) is 3.65. The lowest BCUT2D eigenvalue weighted by Gasteiger charge is -2.14. The van der Waals surface area contributed by atoms with Crippen LogP contribution in [0.4, 0.5) is 5.69 Å². The normalized spacial score (nSPS) is 11.6. The maximum atomic E-state index is 12.2. The minimum Gasteiger partial charge on any atom is -0.465 e. The number of quaternary nitrogens is 1. The Bertz CT molecular complexity index is 709. The zero-order valence-corrected chi connectivity index (χ0v) is 15.0. The van der Waals surface area contributed by atoms with E-state index >= 15 is 0 Å². The van der Waals surface area contributed by atoms with E-state index in [1.165, 1.54) is 18.2 Å². The minimum atomic E-state index is -0.392. The van der Waals surface area contributed by atoms with Gasteiger partial charge < -0.3 is 15.0 Å². The molecule has 0 saturated heterocycles. The molecule has 2 N–H and O–H groups in total. The minimum absolute atomic E-state index is 0.0616. The monoisotopic (exact) mass is 341 g/mol. The van der Waals surface area contributed by atoms with Gasteiger partial charge in [0.15, 0.2) is 6.54 Å². The molecule has 5 nitrogen and oxygen atoms in total. The van der Waals surface area contributed by atoms with Gasteiger partial charge in [0.25, 0.3) is 5.91 Å². The summed E-state index contributed by atoms with van der Waals surface area (Å²) >= 11 is 0. The number of aryl methyl sites for hydroxylation is 1. The topological polar surface area (TPSA) is 59.8 Å². The first-order valence-electron chi connectivity index (χ1n) is 8.39. The van der Waals surface area contributed by atoms with Crippen LogP contribution in [0.5, 0.6) is 0 Å². The zero-order chi connectivity index (χ0) is 18.2. The van der Waals surface area contributed by atoms with E-state index in [1.54, 1.807) is 24.3 Å².